The zero-order valence-electron chi connectivity index (χ0n) is 9.66. The van der Waals surface area contributed by atoms with Crippen molar-refractivity contribution in [3.05, 3.63) is 35.7 Å². The maximum absolute atomic E-state index is 4.43. The van der Waals surface area contributed by atoms with Crippen LogP contribution in [-0.2, 0) is 0 Å². The zero-order valence-corrected chi connectivity index (χ0v) is 9.66. The van der Waals surface area contributed by atoms with Gasteiger partial charge in [-0.15, -0.1) is 0 Å². The lowest BCUT2D eigenvalue weighted by Crippen LogP contribution is -1.98. The van der Waals surface area contributed by atoms with E-state index >= 15 is 0 Å². The van der Waals surface area contributed by atoms with E-state index in [4.69, 9.17) is 0 Å². The molecule has 1 heterocycles. The minimum Gasteiger partial charge on any atom is -0.257 e. The second kappa shape index (κ2) is 4.61. The fourth-order valence-corrected chi connectivity index (χ4v) is 2.61. The van der Waals surface area contributed by atoms with E-state index in [-0.39, 0.29) is 0 Å². The molecule has 15 heavy (non-hydrogen) atoms. The number of pyridine rings is 1. The first kappa shape index (κ1) is 10.4. The van der Waals surface area contributed by atoms with Gasteiger partial charge in [0.2, 0.25) is 0 Å². The van der Waals surface area contributed by atoms with Crippen LogP contribution in [0, 0.1) is 5.92 Å². The minimum atomic E-state index is 0.812. The first-order chi connectivity index (χ1) is 7.33. The summed E-state index contributed by atoms with van der Waals surface area (Å²) in [6.07, 6.45) is 7.17. The Morgan fingerprint density at radius 2 is 2.33 bits per heavy atom. The summed E-state index contributed by atoms with van der Waals surface area (Å²) in [5.74, 6) is 0.812. The van der Waals surface area contributed by atoms with Gasteiger partial charge in [0.1, 0.15) is 0 Å². The van der Waals surface area contributed by atoms with Gasteiger partial charge >= 0.3 is 0 Å². The molecule has 0 aromatic carbocycles. The molecule has 1 aliphatic carbocycles. The van der Waals surface area contributed by atoms with Gasteiger partial charge in [0, 0.05) is 6.20 Å². The maximum atomic E-state index is 4.43. The van der Waals surface area contributed by atoms with E-state index in [0.717, 1.165) is 11.6 Å². The maximum Gasteiger partial charge on any atom is 0.0658 e. The zero-order chi connectivity index (χ0) is 10.7. The van der Waals surface area contributed by atoms with E-state index in [1.165, 1.54) is 31.3 Å². The molecule has 0 bridgehead atoms. The van der Waals surface area contributed by atoms with Crippen LogP contribution in [0.2, 0.25) is 0 Å². The highest BCUT2D eigenvalue weighted by Crippen LogP contribution is 2.37. The molecular weight excluding hydrogens is 182 g/mol. The summed E-state index contributed by atoms with van der Waals surface area (Å²) in [6.45, 7) is 4.52. The number of nitrogens with zero attached hydrogens (tertiary/aromatic N) is 1. The van der Waals surface area contributed by atoms with Gasteiger partial charge < -0.3 is 0 Å². The highest BCUT2D eigenvalue weighted by molar-refractivity contribution is 5.64. The predicted octanol–water partition coefficient (Wildman–Crippen LogP) is 4.07. The minimum absolute atomic E-state index is 0.812. The smallest absolute Gasteiger partial charge is 0.0658 e. The molecule has 0 unspecified atom stereocenters. The van der Waals surface area contributed by atoms with Crippen LogP contribution < -0.4 is 0 Å². The van der Waals surface area contributed by atoms with Gasteiger partial charge in [-0.2, -0.15) is 0 Å². The van der Waals surface area contributed by atoms with Crippen LogP contribution in [-0.4, -0.2) is 4.98 Å². The van der Waals surface area contributed by atoms with Gasteiger partial charge in [-0.05, 0) is 56.2 Å². The van der Waals surface area contributed by atoms with Crippen LogP contribution in [0.3, 0.4) is 0 Å². The van der Waals surface area contributed by atoms with Crippen molar-refractivity contribution in [2.75, 3.05) is 0 Å². The number of aromatic nitrogens is 1. The van der Waals surface area contributed by atoms with E-state index < -0.39 is 0 Å². The van der Waals surface area contributed by atoms with Crippen molar-refractivity contribution in [3.63, 3.8) is 0 Å². The van der Waals surface area contributed by atoms with Gasteiger partial charge in [-0.3, -0.25) is 4.98 Å². The van der Waals surface area contributed by atoms with Crippen molar-refractivity contribution in [1.82, 2.24) is 4.98 Å². The first-order valence-electron chi connectivity index (χ1n) is 5.94. The molecule has 1 atom stereocenters. The summed E-state index contributed by atoms with van der Waals surface area (Å²) in [4.78, 5) is 4.43. The standard InChI is InChI=1S/C14H19N/c1-3-12-7-6-8-13(12)11(2)14-9-4-5-10-15-14/h4-5,9-10,12H,3,6-8H2,1-2H3/b13-11-/t12-/m1/s1. The molecule has 1 nitrogen and oxygen atoms in total. The van der Waals surface area contributed by atoms with E-state index in [1.807, 2.05) is 12.3 Å². The monoisotopic (exact) mass is 201 g/mol. The number of rotatable bonds is 2. The summed E-state index contributed by atoms with van der Waals surface area (Å²) in [5, 5.41) is 0. The molecule has 0 amide bonds. The van der Waals surface area contributed by atoms with Crippen molar-refractivity contribution in [3.8, 4) is 0 Å². The van der Waals surface area contributed by atoms with Crippen molar-refractivity contribution >= 4 is 5.57 Å². The third-order valence-electron chi connectivity index (χ3n) is 3.52. The SMILES string of the molecule is CC[C@@H]1CCC/C1=C(\C)c1ccccn1. The average molecular weight is 201 g/mol. The van der Waals surface area contributed by atoms with Gasteiger partial charge in [0.15, 0.2) is 0 Å². The van der Waals surface area contributed by atoms with Crippen LogP contribution in [0.4, 0.5) is 0 Å². The summed E-state index contributed by atoms with van der Waals surface area (Å²) < 4.78 is 0. The molecule has 0 saturated heterocycles. The molecule has 1 aromatic heterocycles. The lowest BCUT2D eigenvalue weighted by atomic mass is 9.94. The molecule has 1 saturated carbocycles. The van der Waals surface area contributed by atoms with Crippen molar-refractivity contribution in [2.24, 2.45) is 5.92 Å². The second-order valence-corrected chi connectivity index (χ2v) is 4.36. The number of allylic oxidation sites excluding steroid dienone is 2. The van der Waals surface area contributed by atoms with Crippen LogP contribution in [0.1, 0.15) is 45.2 Å². The van der Waals surface area contributed by atoms with Crippen molar-refractivity contribution < 1.29 is 0 Å². The highest BCUT2D eigenvalue weighted by Gasteiger charge is 2.21. The Bertz CT molecular complexity index is 351. The Balaban J connectivity index is 2.32. The Labute approximate surface area is 92.2 Å². The second-order valence-electron chi connectivity index (χ2n) is 4.36. The van der Waals surface area contributed by atoms with E-state index in [0.29, 0.717) is 0 Å². The molecule has 1 aliphatic rings. The lowest BCUT2D eigenvalue weighted by Gasteiger charge is -2.12. The largest absolute Gasteiger partial charge is 0.257 e. The lowest BCUT2D eigenvalue weighted by molar-refractivity contribution is 0.607. The molecule has 0 N–H and O–H groups in total. The number of hydrogen-bond donors (Lipinski definition) is 0. The summed E-state index contributed by atoms with van der Waals surface area (Å²) in [5.41, 5.74) is 4.23. The number of hydrogen-bond acceptors (Lipinski definition) is 1. The summed E-state index contributed by atoms with van der Waals surface area (Å²) in [7, 11) is 0. The van der Waals surface area contributed by atoms with Crippen molar-refractivity contribution in [2.45, 2.75) is 39.5 Å². The van der Waals surface area contributed by atoms with Crippen LogP contribution in [0.15, 0.2) is 30.0 Å². The van der Waals surface area contributed by atoms with E-state index in [1.54, 1.807) is 5.57 Å². The molecule has 0 aliphatic heterocycles. The van der Waals surface area contributed by atoms with Crippen LogP contribution >= 0.6 is 0 Å². The third-order valence-corrected chi connectivity index (χ3v) is 3.52. The average Bonchev–Trinajstić information content (AvgIpc) is 2.77. The molecule has 0 spiro atoms. The fourth-order valence-electron chi connectivity index (χ4n) is 2.61. The van der Waals surface area contributed by atoms with E-state index in [9.17, 15) is 0 Å². The summed E-state index contributed by atoms with van der Waals surface area (Å²) in [6, 6.07) is 6.17. The fraction of sp³-hybridized carbons (Fsp3) is 0.500. The third kappa shape index (κ3) is 2.11. The van der Waals surface area contributed by atoms with Gasteiger partial charge in [0.25, 0.3) is 0 Å². The molecule has 2 rings (SSSR count). The highest BCUT2D eigenvalue weighted by atomic mass is 14.7. The molecule has 0 radical (unpaired) electrons. The van der Waals surface area contributed by atoms with Crippen LogP contribution in [0.25, 0.3) is 5.57 Å². The van der Waals surface area contributed by atoms with Crippen molar-refractivity contribution in [1.29, 1.82) is 0 Å². The van der Waals surface area contributed by atoms with E-state index in [2.05, 4.69) is 31.0 Å². The molecule has 1 heteroatoms. The summed E-state index contributed by atoms with van der Waals surface area (Å²) >= 11 is 0. The van der Waals surface area contributed by atoms with Gasteiger partial charge in [-0.1, -0.05) is 18.6 Å². The Kier molecular flexibility index (Phi) is 3.20. The Hall–Kier alpha value is -1.11. The molecule has 1 aromatic rings. The predicted molar refractivity (Wildman–Crippen MR) is 64.5 cm³/mol. The van der Waals surface area contributed by atoms with Gasteiger partial charge in [-0.25, -0.2) is 0 Å². The molecule has 1 fully saturated rings. The topological polar surface area (TPSA) is 12.9 Å². The van der Waals surface area contributed by atoms with Crippen LogP contribution in [0.5, 0.6) is 0 Å². The first-order valence-corrected chi connectivity index (χ1v) is 5.94. The Morgan fingerprint density at radius 1 is 1.47 bits per heavy atom. The quantitative estimate of drug-likeness (QED) is 0.703. The molecule has 80 valence electrons. The Morgan fingerprint density at radius 3 is 3.00 bits per heavy atom. The normalized spacial score (nSPS) is 24.3. The van der Waals surface area contributed by atoms with Gasteiger partial charge in [0.05, 0.1) is 5.69 Å². The molecular formula is C14H19N.